The summed E-state index contributed by atoms with van der Waals surface area (Å²) in [6.45, 7) is 3.95. The second-order valence-electron chi connectivity index (χ2n) is 6.15. The van der Waals surface area contributed by atoms with E-state index in [1.807, 2.05) is 42.7 Å². The molecule has 1 aliphatic heterocycles. The monoisotopic (exact) mass is 309 g/mol. The number of likely N-dealkylation sites (tertiary alicyclic amines) is 1. The number of nitrogens with zero attached hydrogens (tertiary/aromatic N) is 2. The lowest BCUT2D eigenvalue weighted by molar-refractivity contribution is 0.0935. The molecular weight excluding hydrogens is 286 g/mol. The van der Waals surface area contributed by atoms with Crippen LogP contribution in [0.2, 0.25) is 0 Å². The summed E-state index contributed by atoms with van der Waals surface area (Å²) in [5.74, 6) is 0.612. The van der Waals surface area contributed by atoms with Crippen LogP contribution in [0.25, 0.3) is 0 Å². The van der Waals surface area contributed by atoms with E-state index in [9.17, 15) is 4.79 Å². The summed E-state index contributed by atoms with van der Waals surface area (Å²) in [5, 5.41) is 3.07. The number of piperidine rings is 1. The molecule has 0 atom stereocenters. The fraction of sp³-hybridized carbons (Fsp3) is 0.368. The highest BCUT2D eigenvalue weighted by Gasteiger charge is 2.19. The van der Waals surface area contributed by atoms with Crippen LogP contribution in [0.1, 0.15) is 28.8 Å². The normalized spacial score (nSPS) is 16.2. The maximum absolute atomic E-state index is 12.1. The predicted octanol–water partition coefficient (Wildman–Crippen LogP) is 2.72. The van der Waals surface area contributed by atoms with E-state index in [0.717, 1.165) is 44.6 Å². The van der Waals surface area contributed by atoms with Crippen molar-refractivity contribution >= 4 is 5.91 Å². The lowest BCUT2D eigenvalue weighted by Gasteiger charge is -2.32. The Kier molecular flexibility index (Phi) is 5.37. The molecule has 120 valence electrons. The molecule has 0 unspecified atom stereocenters. The van der Waals surface area contributed by atoms with E-state index < -0.39 is 0 Å². The summed E-state index contributed by atoms with van der Waals surface area (Å²) in [5.41, 5.74) is 2.05. The lowest BCUT2D eigenvalue weighted by Crippen LogP contribution is -2.38. The van der Waals surface area contributed by atoms with Crippen LogP contribution in [-0.2, 0) is 6.54 Å². The number of rotatable bonds is 5. The van der Waals surface area contributed by atoms with Gasteiger partial charge in [-0.25, -0.2) is 0 Å². The first-order chi connectivity index (χ1) is 11.3. The van der Waals surface area contributed by atoms with Crippen LogP contribution >= 0.6 is 0 Å². The molecule has 2 aromatic rings. The standard InChI is InChI=1S/C19H23N3O/c23-19(18-4-2-1-3-5-18)21-14-16-8-12-22(13-9-16)15-17-6-10-20-11-7-17/h1-7,10-11,16H,8-9,12-15H2,(H,21,23). The number of carbonyl (C=O) groups is 1. The van der Waals surface area contributed by atoms with Gasteiger partial charge in [0.1, 0.15) is 0 Å². The molecule has 0 aliphatic carbocycles. The SMILES string of the molecule is O=C(NCC1CCN(Cc2ccncc2)CC1)c1ccccc1. The summed E-state index contributed by atoms with van der Waals surface area (Å²) in [4.78, 5) is 18.6. The molecule has 3 rings (SSSR count). The minimum absolute atomic E-state index is 0.0322. The maximum Gasteiger partial charge on any atom is 0.251 e. The molecule has 0 radical (unpaired) electrons. The largest absolute Gasteiger partial charge is 0.352 e. The Labute approximate surface area is 137 Å². The van der Waals surface area contributed by atoms with Crippen molar-refractivity contribution in [1.82, 2.24) is 15.2 Å². The second kappa shape index (κ2) is 7.88. The molecule has 1 aliphatic rings. The van der Waals surface area contributed by atoms with Crippen molar-refractivity contribution in [2.24, 2.45) is 5.92 Å². The highest BCUT2D eigenvalue weighted by atomic mass is 16.1. The summed E-state index contributed by atoms with van der Waals surface area (Å²) in [7, 11) is 0. The van der Waals surface area contributed by atoms with Crippen molar-refractivity contribution in [3.8, 4) is 0 Å². The Bertz CT molecular complexity index is 607. The van der Waals surface area contributed by atoms with Gasteiger partial charge in [-0.05, 0) is 61.7 Å². The Hall–Kier alpha value is -2.20. The predicted molar refractivity (Wildman–Crippen MR) is 91.0 cm³/mol. The second-order valence-corrected chi connectivity index (χ2v) is 6.15. The molecule has 0 saturated carbocycles. The van der Waals surface area contributed by atoms with E-state index in [0.29, 0.717) is 5.92 Å². The Morgan fingerprint density at radius 1 is 1.09 bits per heavy atom. The van der Waals surface area contributed by atoms with Crippen LogP contribution in [0, 0.1) is 5.92 Å². The van der Waals surface area contributed by atoms with E-state index in [1.54, 1.807) is 0 Å². The van der Waals surface area contributed by atoms with E-state index in [-0.39, 0.29) is 5.91 Å². The van der Waals surface area contributed by atoms with E-state index in [2.05, 4.69) is 27.3 Å². The van der Waals surface area contributed by atoms with Gasteiger partial charge in [0.15, 0.2) is 0 Å². The van der Waals surface area contributed by atoms with Crippen molar-refractivity contribution in [2.45, 2.75) is 19.4 Å². The third-order valence-electron chi connectivity index (χ3n) is 4.45. The zero-order chi connectivity index (χ0) is 15.9. The van der Waals surface area contributed by atoms with Gasteiger partial charge in [0.2, 0.25) is 0 Å². The number of carbonyl (C=O) groups excluding carboxylic acids is 1. The van der Waals surface area contributed by atoms with Gasteiger partial charge in [0, 0.05) is 31.0 Å². The van der Waals surface area contributed by atoms with Crippen molar-refractivity contribution in [1.29, 1.82) is 0 Å². The molecule has 4 nitrogen and oxygen atoms in total. The topological polar surface area (TPSA) is 45.2 Å². The van der Waals surface area contributed by atoms with Crippen LogP contribution < -0.4 is 5.32 Å². The maximum atomic E-state index is 12.1. The van der Waals surface area contributed by atoms with E-state index in [1.165, 1.54) is 5.56 Å². The van der Waals surface area contributed by atoms with Crippen LogP contribution in [0.15, 0.2) is 54.9 Å². The van der Waals surface area contributed by atoms with Crippen molar-refractivity contribution in [2.75, 3.05) is 19.6 Å². The zero-order valence-electron chi connectivity index (χ0n) is 13.3. The molecular formula is C19H23N3O. The molecule has 0 bridgehead atoms. The number of aromatic nitrogens is 1. The number of hydrogen-bond acceptors (Lipinski definition) is 3. The number of amides is 1. The molecule has 1 amide bonds. The average molecular weight is 309 g/mol. The van der Waals surface area contributed by atoms with Crippen LogP contribution in [0.3, 0.4) is 0 Å². The third kappa shape index (κ3) is 4.63. The summed E-state index contributed by atoms with van der Waals surface area (Å²) < 4.78 is 0. The van der Waals surface area contributed by atoms with Crippen molar-refractivity contribution < 1.29 is 4.79 Å². The van der Waals surface area contributed by atoms with Gasteiger partial charge in [0.05, 0.1) is 0 Å². The summed E-state index contributed by atoms with van der Waals surface area (Å²) in [6, 6.07) is 13.6. The number of pyridine rings is 1. The van der Waals surface area contributed by atoms with E-state index in [4.69, 9.17) is 0 Å². The zero-order valence-corrected chi connectivity index (χ0v) is 13.3. The third-order valence-corrected chi connectivity index (χ3v) is 4.45. The number of hydrogen-bond donors (Lipinski definition) is 1. The first-order valence-corrected chi connectivity index (χ1v) is 8.26. The Morgan fingerprint density at radius 2 is 1.78 bits per heavy atom. The highest BCUT2D eigenvalue weighted by molar-refractivity contribution is 5.94. The van der Waals surface area contributed by atoms with E-state index >= 15 is 0 Å². The molecule has 4 heteroatoms. The van der Waals surface area contributed by atoms with Crippen molar-refractivity contribution in [3.05, 3.63) is 66.0 Å². The van der Waals surface area contributed by atoms with Gasteiger partial charge < -0.3 is 5.32 Å². The van der Waals surface area contributed by atoms with Crippen LogP contribution in [0.4, 0.5) is 0 Å². The van der Waals surface area contributed by atoms with Gasteiger partial charge in [-0.15, -0.1) is 0 Å². The minimum atomic E-state index is 0.0322. The number of benzene rings is 1. The fourth-order valence-corrected chi connectivity index (χ4v) is 3.02. The van der Waals surface area contributed by atoms with Gasteiger partial charge >= 0.3 is 0 Å². The molecule has 1 N–H and O–H groups in total. The fourth-order valence-electron chi connectivity index (χ4n) is 3.02. The average Bonchev–Trinajstić information content (AvgIpc) is 2.62. The Balaban J connectivity index is 1.40. The highest BCUT2D eigenvalue weighted by Crippen LogP contribution is 2.18. The van der Waals surface area contributed by atoms with Gasteiger partial charge in [-0.1, -0.05) is 18.2 Å². The summed E-state index contributed by atoms with van der Waals surface area (Å²) in [6.07, 6.45) is 5.97. The molecule has 23 heavy (non-hydrogen) atoms. The molecule has 2 heterocycles. The van der Waals surface area contributed by atoms with Gasteiger partial charge in [0.25, 0.3) is 5.91 Å². The number of nitrogens with one attached hydrogen (secondary N) is 1. The lowest BCUT2D eigenvalue weighted by atomic mass is 9.96. The quantitative estimate of drug-likeness (QED) is 0.923. The first kappa shape index (κ1) is 15.7. The molecule has 1 fully saturated rings. The van der Waals surface area contributed by atoms with Gasteiger partial charge in [-0.2, -0.15) is 0 Å². The van der Waals surface area contributed by atoms with Crippen LogP contribution in [-0.4, -0.2) is 35.4 Å². The summed E-state index contributed by atoms with van der Waals surface area (Å²) >= 11 is 0. The van der Waals surface area contributed by atoms with Gasteiger partial charge in [-0.3, -0.25) is 14.7 Å². The Morgan fingerprint density at radius 3 is 2.48 bits per heavy atom. The molecule has 0 spiro atoms. The molecule has 1 aromatic heterocycles. The van der Waals surface area contributed by atoms with Crippen LogP contribution in [0.5, 0.6) is 0 Å². The molecule has 1 saturated heterocycles. The first-order valence-electron chi connectivity index (χ1n) is 8.26. The minimum Gasteiger partial charge on any atom is -0.352 e. The smallest absolute Gasteiger partial charge is 0.251 e. The molecule has 1 aromatic carbocycles. The van der Waals surface area contributed by atoms with Crippen molar-refractivity contribution in [3.63, 3.8) is 0 Å².